The Hall–Kier alpha value is -0.700. The Kier molecular flexibility index (Phi) is 2.96. The van der Waals surface area contributed by atoms with Crippen LogP contribution in [0.3, 0.4) is 0 Å². The van der Waals surface area contributed by atoms with Crippen molar-refractivity contribution in [1.82, 2.24) is 9.55 Å². The van der Waals surface area contributed by atoms with Crippen LogP contribution >= 0.6 is 11.6 Å². The summed E-state index contributed by atoms with van der Waals surface area (Å²) in [7, 11) is 2.03. The first-order valence-corrected chi connectivity index (χ1v) is 5.66. The number of imidazole rings is 1. The molecule has 1 aliphatic heterocycles. The molecule has 4 heteroatoms. The fourth-order valence-corrected chi connectivity index (χ4v) is 2.38. The molecule has 14 heavy (non-hydrogen) atoms. The third-order valence-corrected chi connectivity index (χ3v) is 3.21. The molecule has 1 unspecified atom stereocenters. The molecular weight excluding hydrogens is 198 g/mol. The van der Waals surface area contributed by atoms with Gasteiger partial charge in [-0.15, -0.1) is 11.6 Å². The summed E-state index contributed by atoms with van der Waals surface area (Å²) >= 11 is 5.97. The molecule has 1 aromatic heterocycles. The van der Waals surface area contributed by atoms with Crippen LogP contribution in [0.1, 0.15) is 19.3 Å². The molecule has 1 atom stereocenters. The Morgan fingerprint density at radius 1 is 1.57 bits per heavy atom. The van der Waals surface area contributed by atoms with E-state index in [2.05, 4.69) is 14.5 Å². The number of nitrogens with zero attached hydrogens (tertiary/aromatic N) is 3. The molecule has 3 nitrogen and oxygen atoms in total. The first-order chi connectivity index (χ1) is 6.83. The number of aryl methyl sites for hydroxylation is 1. The fourth-order valence-electron chi connectivity index (χ4n) is 2.06. The van der Waals surface area contributed by atoms with E-state index in [1.54, 1.807) is 0 Å². The minimum Gasteiger partial charge on any atom is -0.338 e. The van der Waals surface area contributed by atoms with Gasteiger partial charge in [-0.1, -0.05) is 0 Å². The zero-order chi connectivity index (χ0) is 9.97. The van der Waals surface area contributed by atoms with Crippen LogP contribution in [0.5, 0.6) is 0 Å². The second-order valence-electron chi connectivity index (χ2n) is 3.84. The zero-order valence-corrected chi connectivity index (χ0v) is 9.24. The van der Waals surface area contributed by atoms with E-state index in [9.17, 15) is 0 Å². The van der Waals surface area contributed by atoms with Crippen molar-refractivity contribution in [1.29, 1.82) is 0 Å². The van der Waals surface area contributed by atoms with Crippen LogP contribution < -0.4 is 4.90 Å². The van der Waals surface area contributed by atoms with Gasteiger partial charge in [-0.2, -0.15) is 0 Å². The first-order valence-electron chi connectivity index (χ1n) is 5.13. The summed E-state index contributed by atoms with van der Waals surface area (Å²) in [6.07, 6.45) is 7.55. The van der Waals surface area contributed by atoms with E-state index in [1.807, 2.05) is 19.4 Å². The summed E-state index contributed by atoms with van der Waals surface area (Å²) in [4.78, 5) is 6.70. The predicted octanol–water partition coefficient (Wildman–Crippen LogP) is 2.02. The third-order valence-electron chi connectivity index (χ3n) is 2.86. The number of alkyl halides is 1. The van der Waals surface area contributed by atoms with Gasteiger partial charge in [0.2, 0.25) is 5.95 Å². The lowest BCUT2D eigenvalue weighted by atomic mass is 10.0. The number of piperidine rings is 1. The molecule has 0 aromatic carbocycles. The van der Waals surface area contributed by atoms with Gasteiger partial charge in [0.1, 0.15) is 0 Å². The maximum atomic E-state index is 5.97. The second-order valence-corrected chi connectivity index (χ2v) is 4.14. The largest absolute Gasteiger partial charge is 0.338 e. The molecule has 0 aliphatic carbocycles. The van der Waals surface area contributed by atoms with Gasteiger partial charge >= 0.3 is 0 Å². The molecule has 0 spiro atoms. The van der Waals surface area contributed by atoms with Gasteiger partial charge in [-0.05, 0) is 19.3 Å². The fraction of sp³-hybridized carbons (Fsp3) is 0.700. The van der Waals surface area contributed by atoms with E-state index in [0.717, 1.165) is 12.5 Å². The topological polar surface area (TPSA) is 21.1 Å². The first kappa shape index (κ1) is 9.84. The van der Waals surface area contributed by atoms with E-state index in [0.29, 0.717) is 11.9 Å². The number of aromatic nitrogens is 2. The molecule has 0 amide bonds. The molecule has 0 bridgehead atoms. The molecule has 78 valence electrons. The van der Waals surface area contributed by atoms with Crippen molar-refractivity contribution in [2.75, 3.05) is 17.3 Å². The molecule has 0 saturated carbocycles. The zero-order valence-electron chi connectivity index (χ0n) is 8.49. The lowest BCUT2D eigenvalue weighted by Crippen LogP contribution is -2.42. The monoisotopic (exact) mass is 213 g/mol. The second kappa shape index (κ2) is 4.22. The van der Waals surface area contributed by atoms with Crippen LogP contribution in [0, 0.1) is 0 Å². The van der Waals surface area contributed by atoms with Crippen molar-refractivity contribution < 1.29 is 0 Å². The smallest absolute Gasteiger partial charge is 0.205 e. The average Bonchev–Trinajstić information content (AvgIpc) is 2.64. The summed E-state index contributed by atoms with van der Waals surface area (Å²) < 4.78 is 2.06. The minimum atomic E-state index is 0.464. The Morgan fingerprint density at radius 3 is 3.07 bits per heavy atom. The minimum absolute atomic E-state index is 0.464. The summed E-state index contributed by atoms with van der Waals surface area (Å²) in [5.74, 6) is 1.75. The van der Waals surface area contributed by atoms with Crippen LogP contribution in [0.25, 0.3) is 0 Å². The Bertz CT molecular complexity index is 297. The van der Waals surface area contributed by atoms with Gasteiger partial charge in [0.25, 0.3) is 0 Å². The summed E-state index contributed by atoms with van der Waals surface area (Å²) in [6, 6.07) is 0.464. The Labute approximate surface area is 89.7 Å². The SMILES string of the molecule is Cn1ccnc1N1CCCCC1CCl. The molecule has 0 radical (unpaired) electrons. The maximum Gasteiger partial charge on any atom is 0.205 e. The van der Waals surface area contributed by atoms with Crippen molar-refractivity contribution in [3.63, 3.8) is 0 Å². The van der Waals surface area contributed by atoms with Crippen molar-refractivity contribution in [2.24, 2.45) is 7.05 Å². The van der Waals surface area contributed by atoms with Gasteiger partial charge in [0.15, 0.2) is 0 Å². The van der Waals surface area contributed by atoms with Crippen LogP contribution in [-0.4, -0.2) is 28.0 Å². The van der Waals surface area contributed by atoms with E-state index in [1.165, 1.54) is 19.3 Å². The number of hydrogen-bond acceptors (Lipinski definition) is 2. The van der Waals surface area contributed by atoms with Crippen LogP contribution in [0.4, 0.5) is 5.95 Å². The number of hydrogen-bond donors (Lipinski definition) is 0. The normalized spacial score (nSPS) is 22.7. The van der Waals surface area contributed by atoms with E-state index >= 15 is 0 Å². The highest BCUT2D eigenvalue weighted by atomic mass is 35.5. The van der Waals surface area contributed by atoms with Gasteiger partial charge in [0, 0.05) is 37.9 Å². The van der Waals surface area contributed by atoms with Gasteiger partial charge in [-0.25, -0.2) is 4.98 Å². The Morgan fingerprint density at radius 2 is 2.43 bits per heavy atom. The van der Waals surface area contributed by atoms with Gasteiger partial charge < -0.3 is 9.47 Å². The maximum absolute atomic E-state index is 5.97. The molecule has 2 rings (SSSR count). The van der Waals surface area contributed by atoms with Crippen molar-refractivity contribution in [3.8, 4) is 0 Å². The van der Waals surface area contributed by atoms with E-state index in [4.69, 9.17) is 11.6 Å². The molecule has 1 aliphatic rings. The van der Waals surface area contributed by atoms with Crippen molar-refractivity contribution >= 4 is 17.5 Å². The Balaban J connectivity index is 2.19. The lowest BCUT2D eigenvalue weighted by molar-refractivity contribution is 0.476. The van der Waals surface area contributed by atoms with Crippen LogP contribution in [-0.2, 0) is 7.05 Å². The highest BCUT2D eigenvalue weighted by Crippen LogP contribution is 2.23. The summed E-state index contributed by atoms with van der Waals surface area (Å²) in [5.41, 5.74) is 0. The molecule has 1 fully saturated rings. The van der Waals surface area contributed by atoms with Crippen molar-refractivity contribution in [2.45, 2.75) is 25.3 Å². The molecular formula is C10H16ClN3. The van der Waals surface area contributed by atoms with Crippen LogP contribution in [0.15, 0.2) is 12.4 Å². The van der Waals surface area contributed by atoms with E-state index < -0.39 is 0 Å². The third kappa shape index (κ3) is 1.73. The van der Waals surface area contributed by atoms with Crippen LogP contribution in [0.2, 0.25) is 0 Å². The number of anilines is 1. The number of rotatable bonds is 2. The molecule has 1 aromatic rings. The van der Waals surface area contributed by atoms with E-state index in [-0.39, 0.29) is 0 Å². The van der Waals surface area contributed by atoms with Crippen molar-refractivity contribution in [3.05, 3.63) is 12.4 Å². The lowest BCUT2D eigenvalue weighted by Gasteiger charge is -2.35. The number of halogens is 1. The highest BCUT2D eigenvalue weighted by Gasteiger charge is 2.23. The average molecular weight is 214 g/mol. The molecule has 0 N–H and O–H groups in total. The molecule has 2 heterocycles. The highest BCUT2D eigenvalue weighted by molar-refractivity contribution is 6.18. The van der Waals surface area contributed by atoms with Gasteiger partial charge in [0.05, 0.1) is 0 Å². The summed E-state index contributed by atoms with van der Waals surface area (Å²) in [6.45, 7) is 1.09. The quantitative estimate of drug-likeness (QED) is 0.701. The predicted molar refractivity (Wildman–Crippen MR) is 58.9 cm³/mol. The standard InChI is InChI=1S/C10H16ClN3/c1-13-7-5-12-10(13)14-6-3-2-4-9(14)8-11/h5,7,9H,2-4,6,8H2,1H3. The van der Waals surface area contributed by atoms with Gasteiger partial charge in [-0.3, -0.25) is 0 Å². The molecule has 1 saturated heterocycles. The summed E-state index contributed by atoms with van der Waals surface area (Å²) in [5, 5.41) is 0.